The van der Waals surface area contributed by atoms with Gasteiger partial charge in [0.15, 0.2) is 0 Å². The fraction of sp³-hybridized carbons (Fsp3) is 0.700. The molecule has 12 heavy (non-hydrogen) atoms. The summed E-state index contributed by atoms with van der Waals surface area (Å²) < 4.78 is 5.39. The highest BCUT2D eigenvalue weighted by Crippen LogP contribution is 2.37. The second-order valence-corrected chi connectivity index (χ2v) is 3.79. The van der Waals surface area contributed by atoms with E-state index in [0.29, 0.717) is 11.8 Å². The summed E-state index contributed by atoms with van der Waals surface area (Å²) in [6, 6.07) is 0. The third kappa shape index (κ3) is 1.11. The van der Waals surface area contributed by atoms with Crippen LogP contribution in [0.25, 0.3) is 0 Å². The lowest BCUT2D eigenvalue weighted by Crippen LogP contribution is -2.27. The molecule has 2 nitrogen and oxygen atoms in total. The molecule has 2 aliphatic rings. The van der Waals surface area contributed by atoms with Gasteiger partial charge < -0.3 is 9.53 Å². The Morgan fingerprint density at radius 2 is 2.42 bits per heavy atom. The lowest BCUT2D eigenvalue weighted by Gasteiger charge is -2.27. The van der Waals surface area contributed by atoms with Crippen molar-refractivity contribution in [1.29, 1.82) is 0 Å². The van der Waals surface area contributed by atoms with Crippen molar-refractivity contribution in [2.24, 2.45) is 17.8 Å². The zero-order chi connectivity index (χ0) is 8.55. The first-order valence-corrected chi connectivity index (χ1v) is 4.52. The van der Waals surface area contributed by atoms with Crippen LogP contribution in [0, 0.1) is 17.8 Å². The highest BCUT2D eigenvalue weighted by Gasteiger charge is 2.37. The molecule has 0 bridgehead atoms. The van der Waals surface area contributed by atoms with Crippen LogP contribution in [0.3, 0.4) is 0 Å². The minimum atomic E-state index is 0.209. The summed E-state index contributed by atoms with van der Waals surface area (Å²) in [6.45, 7) is 3.74. The maximum atomic E-state index is 10.7. The molecule has 0 amide bonds. The van der Waals surface area contributed by atoms with Gasteiger partial charge in [-0.2, -0.15) is 0 Å². The molecule has 2 rings (SSSR count). The van der Waals surface area contributed by atoms with Crippen molar-refractivity contribution in [2.45, 2.75) is 13.3 Å². The summed E-state index contributed by atoms with van der Waals surface area (Å²) in [5.41, 5.74) is 1.41. The second kappa shape index (κ2) is 3.02. The van der Waals surface area contributed by atoms with Gasteiger partial charge in [-0.25, -0.2) is 0 Å². The topological polar surface area (TPSA) is 26.3 Å². The van der Waals surface area contributed by atoms with Crippen LogP contribution in [0.5, 0.6) is 0 Å². The Labute approximate surface area is 72.6 Å². The van der Waals surface area contributed by atoms with E-state index in [9.17, 15) is 4.79 Å². The zero-order valence-electron chi connectivity index (χ0n) is 7.32. The minimum absolute atomic E-state index is 0.209. The maximum absolute atomic E-state index is 10.7. The van der Waals surface area contributed by atoms with Crippen LogP contribution in [0.2, 0.25) is 0 Å². The molecule has 0 unspecified atom stereocenters. The fourth-order valence-electron chi connectivity index (χ4n) is 2.27. The highest BCUT2D eigenvalue weighted by molar-refractivity contribution is 5.55. The number of ether oxygens (including phenoxy) is 1. The van der Waals surface area contributed by atoms with E-state index in [2.05, 4.69) is 13.0 Å². The summed E-state index contributed by atoms with van der Waals surface area (Å²) in [7, 11) is 0. The van der Waals surface area contributed by atoms with Gasteiger partial charge in [-0.1, -0.05) is 11.6 Å². The average molecular weight is 166 g/mol. The van der Waals surface area contributed by atoms with E-state index in [4.69, 9.17) is 4.74 Å². The first kappa shape index (κ1) is 7.99. The normalized spacial score (nSPS) is 40.4. The monoisotopic (exact) mass is 166 g/mol. The number of carbonyl (C=O) groups is 1. The molecule has 3 atom stereocenters. The van der Waals surface area contributed by atoms with Crippen molar-refractivity contribution in [2.75, 3.05) is 13.2 Å². The van der Waals surface area contributed by atoms with Crippen molar-refractivity contribution >= 4 is 6.29 Å². The van der Waals surface area contributed by atoms with Crippen molar-refractivity contribution in [1.82, 2.24) is 0 Å². The SMILES string of the molecule is CC1=CC[C@H](C=O)[C@H]2COC[C@H]12. The first-order chi connectivity index (χ1) is 5.83. The van der Waals surface area contributed by atoms with Crippen LogP contribution in [-0.2, 0) is 9.53 Å². The molecule has 2 heteroatoms. The van der Waals surface area contributed by atoms with Crippen LogP contribution in [0.1, 0.15) is 13.3 Å². The third-order valence-electron chi connectivity index (χ3n) is 3.15. The fourth-order valence-corrected chi connectivity index (χ4v) is 2.27. The van der Waals surface area contributed by atoms with E-state index in [0.717, 1.165) is 25.9 Å². The maximum Gasteiger partial charge on any atom is 0.123 e. The standard InChI is InChI=1S/C10H14O2/c1-7-2-3-8(4-11)10-6-12-5-9(7)10/h2,4,8-10H,3,5-6H2,1H3/t8-,9-,10-/m1/s1. The lowest BCUT2D eigenvalue weighted by molar-refractivity contribution is -0.112. The molecule has 0 aromatic heterocycles. The van der Waals surface area contributed by atoms with Gasteiger partial charge in [-0.15, -0.1) is 0 Å². The summed E-state index contributed by atoms with van der Waals surface area (Å²) in [6.07, 6.45) is 4.20. The van der Waals surface area contributed by atoms with Crippen LogP contribution < -0.4 is 0 Å². The molecule has 0 saturated carbocycles. The van der Waals surface area contributed by atoms with Gasteiger partial charge in [0.2, 0.25) is 0 Å². The van der Waals surface area contributed by atoms with E-state index in [1.165, 1.54) is 5.57 Å². The molecular formula is C10H14O2. The third-order valence-corrected chi connectivity index (χ3v) is 3.15. The Morgan fingerprint density at radius 1 is 1.58 bits per heavy atom. The number of fused-ring (bicyclic) bond motifs is 1. The number of rotatable bonds is 1. The summed E-state index contributed by atoms with van der Waals surface area (Å²) in [4.78, 5) is 10.7. The van der Waals surface area contributed by atoms with E-state index in [1.807, 2.05) is 0 Å². The van der Waals surface area contributed by atoms with E-state index >= 15 is 0 Å². The van der Waals surface area contributed by atoms with Crippen LogP contribution >= 0.6 is 0 Å². The number of aldehydes is 1. The number of hydrogen-bond acceptors (Lipinski definition) is 2. The molecule has 0 spiro atoms. The van der Waals surface area contributed by atoms with Crippen molar-refractivity contribution < 1.29 is 9.53 Å². The largest absolute Gasteiger partial charge is 0.380 e. The number of carbonyl (C=O) groups excluding carboxylic acids is 1. The van der Waals surface area contributed by atoms with Gasteiger partial charge in [0.05, 0.1) is 13.2 Å². The van der Waals surface area contributed by atoms with Crippen molar-refractivity contribution in [3.63, 3.8) is 0 Å². The van der Waals surface area contributed by atoms with Gasteiger partial charge in [-0.3, -0.25) is 0 Å². The van der Waals surface area contributed by atoms with E-state index in [-0.39, 0.29) is 5.92 Å². The van der Waals surface area contributed by atoms with Gasteiger partial charge in [-0.05, 0) is 13.3 Å². The van der Waals surface area contributed by atoms with Gasteiger partial charge in [0, 0.05) is 17.8 Å². The molecule has 1 aliphatic carbocycles. The Bertz CT molecular complexity index is 220. The molecule has 66 valence electrons. The number of hydrogen-bond donors (Lipinski definition) is 0. The molecule has 0 aromatic carbocycles. The Kier molecular flexibility index (Phi) is 2.01. The predicted molar refractivity (Wildman–Crippen MR) is 45.7 cm³/mol. The molecule has 1 aliphatic heterocycles. The molecule has 0 N–H and O–H groups in total. The van der Waals surface area contributed by atoms with Gasteiger partial charge in [0.25, 0.3) is 0 Å². The van der Waals surface area contributed by atoms with Crippen molar-refractivity contribution in [3.05, 3.63) is 11.6 Å². The molecule has 1 heterocycles. The first-order valence-electron chi connectivity index (χ1n) is 4.52. The minimum Gasteiger partial charge on any atom is -0.380 e. The summed E-state index contributed by atoms with van der Waals surface area (Å²) in [5.74, 6) is 1.20. The average Bonchev–Trinajstić information content (AvgIpc) is 2.54. The zero-order valence-corrected chi connectivity index (χ0v) is 7.32. The van der Waals surface area contributed by atoms with Gasteiger partial charge >= 0.3 is 0 Å². The van der Waals surface area contributed by atoms with Crippen LogP contribution in [0.4, 0.5) is 0 Å². The van der Waals surface area contributed by atoms with Crippen molar-refractivity contribution in [3.8, 4) is 0 Å². The summed E-state index contributed by atoms with van der Waals surface area (Å²) in [5, 5.41) is 0. The quantitative estimate of drug-likeness (QED) is 0.435. The smallest absolute Gasteiger partial charge is 0.123 e. The van der Waals surface area contributed by atoms with Crippen LogP contribution in [0.15, 0.2) is 11.6 Å². The highest BCUT2D eigenvalue weighted by atomic mass is 16.5. The van der Waals surface area contributed by atoms with Crippen LogP contribution in [-0.4, -0.2) is 19.5 Å². The molecule has 0 aromatic rings. The molecule has 0 radical (unpaired) electrons. The molecule has 1 saturated heterocycles. The number of allylic oxidation sites excluding steroid dienone is 1. The Hall–Kier alpha value is -0.630. The Balaban J connectivity index is 2.21. The predicted octanol–water partition coefficient (Wildman–Crippen LogP) is 1.41. The second-order valence-electron chi connectivity index (χ2n) is 3.79. The van der Waals surface area contributed by atoms with E-state index < -0.39 is 0 Å². The summed E-state index contributed by atoms with van der Waals surface area (Å²) >= 11 is 0. The lowest BCUT2D eigenvalue weighted by atomic mass is 9.75. The Morgan fingerprint density at radius 3 is 3.17 bits per heavy atom. The molecular weight excluding hydrogens is 152 g/mol. The van der Waals surface area contributed by atoms with Gasteiger partial charge in [0.1, 0.15) is 6.29 Å². The molecule has 1 fully saturated rings. The van der Waals surface area contributed by atoms with E-state index in [1.54, 1.807) is 0 Å².